The maximum Gasteiger partial charge on any atom is 0.144 e. The van der Waals surface area contributed by atoms with Gasteiger partial charge in [0.25, 0.3) is 0 Å². The third-order valence-corrected chi connectivity index (χ3v) is 2.85. The van der Waals surface area contributed by atoms with E-state index >= 15 is 0 Å². The molecular weight excluding hydrogens is 210 g/mol. The minimum absolute atomic E-state index is 0.459. The molecule has 84 valence electrons. The van der Waals surface area contributed by atoms with Crippen molar-refractivity contribution >= 4 is 5.52 Å². The molecule has 3 rings (SSSR count). The average molecular weight is 223 g/mol. The van der Waals surface area contributed by atoms with E-state index in [9.17, 15) is 0 Å². The molecule has 0 amide bonds. The van der Waals surface area contributed by atoms with Crippen molar-refractivity contribution in [3.8, 4) is 11.4 Å². The highest BCUT2D eigenvalue weighted by atomic mass is 15.0. The van der Waals surface area contributed by atoms with Gasteiger partial charge in [0.15, 0.2) is 0 Å². The molecule has 0 spiro atoms. The molecule has 0 saturated carbocycles. The maximum absolute atomic E-state index is 5.73. The second-order valence-corrected chi connectivity index (χ2v) is 3.91. The van der Waals surface area contributed by atoms with Crippen molar-refractivity contribution in [2.45, 2.75) is 6.54 Å². The number of benzene rings is 1. The van der Waals surface area contributed by atoms with Gasteiger partial charge in [0, 0.05) is 18.3 Å². The first-order chi connectivity index (χ1) is 8.40. The van der Waals surface area contributed by atoms with Crippen LogP contribution in [0.5, 0.6) is 0 Å². The second kappa shape index (κ2) is 4.03. The molecule has 17 heavy (non-hydrogen) atoms. The normalized spacial score (nSPS) is 10.9. The van der Waals surface area contributed by atoms with Crippen molar-refractivity contribution in [3.63, 3.8) is 0 Å². The van der Waals surface area contributed by atoms with Crippen molar-refractivity contribution in [3.05, 3.63) is 60.4 Å². The van der Waals surface area contributed by atoms with Crippen LogP contribution in [0.25, 0.3) is 16.9 Å². The molecule has 0 fully saturated rings. The quantitative estimate of drug-likeness (QED) is 0.725. The molecule has 0 unspecified atom stereocenters. The zero-order valence-corrected chi connectivity index (χ0v) is 9.38. The monoisotopic (exact) mass is 223 g/mol. The molecule has 2 heterocycles. The number of aromatic nitrogens is 2. The van der Waals surface area contributed by atoms with E-state index in [4.69, 9.17) is 5.73 Å². The number of rotatable bonds is 2. The van der Waals surface area contributed by atoms with Crippen LogP contribution in [0.2, 0.25) is 0 Å². The molecule has 3 aromatic rings. The first kappa shape index (κ1) is 10.1. The smallest absolute Gasteiger partial charge is 0.144 e. The third kappa shape index (κ3) is 1.61. The van der Waals surface area contributed by atoms with E-state index < -0.39 is 0 Å². The number of pyridine rings is 1. The van der Waals surface area contributed by atoms with E-state index in [1.165, 1.54) is 0 Å². The Morgan fingerprint density at radius 2 is 1.76 bits per heavy atom. The number of nitrogens with zero attached hydrogens (tertiary/aromatic N) is 2. The van der Waals surface area contributed by atoms with Crippen LogP contribution in [-0.4, -0.2) is 9.38 Å². The summed E-state index contributed by atoms with van der Waals surface area (Å²) in [7, 11) is 0. The Balaban J connectivity index is 2.31. The highest BCUT2D eigenvalue weighted by Gasteiger charge is 2.10. The lowest BCUT2D eigenvalue weighted by Crippen LogP contribution is -1.96. The van der Waals surface area contributed by atoms with Gasteiger partial charge in [-0.2, -0.15) is 0 Å². The minimum atomic E-state index is 0.459. The van der Waals surface area contributed by atoms with Gasteiger partial charge in [-0.3, -0.25) is 4.40 Å². The van der Waals surface area contributed by atoms with E-state index in [1.54, 1.807) is 0 Å². The number of nitrogens with two attached hydrogens (primary N) is 1. The first-order valence-electron chi connectivity index (χ1n) is 5.61. The fourth-order valence-electron chi connectivity index (χ4n) is 2.04. The second-order valence-electron chi connectivity index (χ2n) is 3.91. The molecule has 0 bridgehead atoms. The summed E-state index contributed by atoms with van der Waals surface area (Å²) in [5.74, 6) is 0.946. The zero-order chi connectivity index (χ0) is 11.7. The predicted molar refractivity (Wildman–Crippen MR) is 68.5 cm³/mol. The molecule has 2 aromatic heterocycles. The van der Waals surface area contributed by atoms with Crippen molar-refractivity contribution in [2.75, 3.05) is 0 Å². The lowest BCUT2D eigenvalue weighted by atomic mass is 10.2. The average Bonchev–Trinajstić information content (AvgIpc) is 2.78. The largest absolute Gasteiger partial charge is 0.325 e. The summed E-state index contributed by atoms with van der Waals surface area (Å²) >= 11 is 0. The number of hydrogen-bond acceptors (Lipinski definition) is 2. The molecule has 3 nitrogen and oxygen atoms in total. The van der Waals surface area contributed by atoms with Gasteiger partial charge in [-0.1, -0.05) is 36.4 Å². The summed E-state index contributed by atoms with van der Waals surface area (Å²) in [5, 5.41) is 0. The molecule has 0 atom stereocenters. The summed E-state index contributed by atoms with van der Waals surface area (Å²) < 4.78 is 2.08. The zero-order valence-electron chi connectivity index (χ0n) is 9.38. The molecule has 3 heteroatoms. The lowest BCUT2D eigenvalue weighted by molar-refractivity contribution is 1.02. The Kier molecular flexibility index (Phi) is 2.38. The number of hydrogen-bond donors (Lipinski definition) is 1. The van der Waals surface area contributed by atoms with E-state index in [-0.39, 0.29) is 0 Å². The van der Waals surface area contributed by atoms with Crippen LogP contribution in [0.15, 0.2) is 54.7 Å². The number of imidazole rings is 1. The topological polar surface area (TPSA) is 43.3 Å². The van der Waals surface area contributed by atoms with Gasteiger partial charge < -0.3 is 5.73 Å². The fourth-order valence-corrected chi connectivity index (χ4v) is 2.04. The number of fused-ring (bicyclic) bond motifs is 1. The third-order valence-electron chi connectivity index (χ3n) is 2.85. The van der Waals surface area contributed by atoms with Crippen LogP contribution >= 0.6 is 0 Å². The molecule has 0 saturated heterocycles. The Morgan fingerprint density at radius 3 is 2.53 bits per heavy atom. The van der Waals surface area contributed by atoms with Crippen LogP contribution in [0, 0.1) is 0 Å². The Morgan fingerprint density at radius 1 is 1.00 bits per heavy atom. The summed E-state index contributed by atoms with van der Waals surface area (Å²) in [6.07, 6.45) is 2.02. The Hall–Kier alpha value is -2.13. The minimum Gasteiger partial charge on any atom is -0.325 e. The van der Waals surface area contributed by atoms with Gasteiger partial charge in [0.05, 0.1) is 11.2 Å². The fraction of sp³-hybridized carbons (Fsp3) is 0.0714. The molecule has 0 radical (unpaired) electrons. The highest BCUT2D eigenvalue weighted by molar-refractivity contribution is 5.65. The summed E-state index contributed by atoms with van der Waals surface area (Å²) in [6, 6.07) is 16.2. The van der Waals surface area contributed by atoms with Gasteiger partial charge in [0.2, 0.25) is 0 Å². The first-order valence-corrected chi connectivity index (χ1v) is 5.61. The lowest BCUT2D eigenvalue weighted by Gasteiger charge is -2.00. The molecular formula is C14H13N3. The molecule has 0 aliphatic carbocycles. The van der Waals surface area contributed by atoms with E-state index in [0.717, 1.165) is 22.6 Å². The molecule has 1 aromatic carbocycles. The van der Waals surface area contributed by atoms with E-state index in [2.05, 4.69) is 21.5 Å². The van der Waals surface area contributed by atoms with Gasteiger partial charge >= 0.3 is 0 Å². The molecule has 0 aliphatic heterocycles. The van der Waals surface area contributed by atoms with Crippen LogP contribution in [0.4, 0.5) is 0 Å². The van der Waals surface area contributed by atoms with E-state index in [1.807, 2.05) is 42.6 Å². The van der Waals surface area contributed by atoms with Gasteiger partial charge in [-0.25, -0.2) is 4.98 Å². The van der Waals surface area contributed by atoms with Gasteiger partial charge in [-0.05, 0) is 12.1 Å². The van der Waals surface area contributed by atoms with Crippen LogP contribution < -0.4 is 5.73 Å². The van der Waals surface area contributed by atoms with Crippen molar-refractivity contribution in [2.24, 2.45) is 5.73 Å². The van der Waals surface area contributed by atoms with Crippen molar-refractivity contribution < 1.29 is 0 Å². The Bertz CT molecular complexity index is 641. The van der Waals surface area contributed by atoms with Gasteiger partial charge in [-0.15, -0.1) is 0 Å². The van der Waals surface area contributed by atoms with E-state index in [0.29, 0.717) is 6.54 Å². The predicted octanol–water partition coefficient (Wildman–Crippen LogP) is 2.46. The SMILES string of the molecule is NCc1nc(-c2ccccc2)n2ccccc12. The highest BCUT2D eigenvalue weighted by Crippen LogP contribution is 2.22. The molecule has 0 aliphatic rings. The summed E-state index contributed by atoms with van der Waals surface area (Å²) in [4.78, 5) is 4.62. The summed E-state index contributed by atoms with van der Waals surface area (Å²) in [5.41, 5.74) is 8.85. The molecule has 2 N–H and O–H groups in total. The Labute approximate surface area is 99.5 Å². The van der Waals surface area contributed by atoms with Crippen LogP contribution in [0.3, 0.4) is 0 Å². The standard InChI is InChI=1S/C14H13N3/c15-10-12-13-8-4-5-9-17(13)14(16-12)11-6-2-1-3-7-11/h1-9H,10,15H2. The van der Waals surface area contributed by atoms with Crippen molar-refractivity contribution in [1.82, 2.24) is 9.38 Å². The van der Waals surface area contributed by atoms with Crippen LogP contribution in [-0.2, 0) is 6.54 Å². The van der Waals surface area contributed by atoms with Crippen molar-refractivity contribution in [1.29, 1.82) is 0 Å². The van der Waals surface area contributed by atoms with Crippen LogP contribution in [0.1, 0.15) is 5.69 Å². The summed E-state index contributed by atoms with van der Waals surface area (Å²) in [6.45, 7) is 0.459. The maximum atomic E-state index is 5.73. The van der Waals surface area contributed by atoms with Gasteiger partial charge in [0.1, 0.15) is 5.82 Å².